The van der Waals surface area contributed by atoms with Crippen molar-refractivity contribution in [1.82, 2.24) is 5.32 Å². The van der Waals surface area contributed by atoms with Crippen LogP contribution >= 0.6 is 0 Å². The summed E-state index contributed by atoms with van der Waals surface area (Å²) in [5.74, 6) is 0.815. The van der Waals surface area contributed by atoms with Crippen LogP contribution in [-0.4, -0.2) is 37.4 Å². The van der Waals surface area contributed by atoms with Crippen molar-refractivity contribution < 1.29 is 19.4 Å². The molecule has 1 aromatic rings. The monoisotopic (exact) mass is 239 g/mol. The van der Waals surface area contributed by atoms with Crippen molar-refractivity contribution in [2.24, 2.45) is 0 Å². The molecule has 0 radical (unpaired) electrons. The Morgan fingerprint density at radius 3 is 2.65 bits per heavy atom. The number of carbonyl (C=O) groups is 1. The van der Waals surface area contributed by atoms with Gasteiger partial charge in [0.15, 0.2) is 18.1 Å². The van der Waals surface area contributed by atoms with E-state index in [1.165, 1.54) is 7.11 Å². The van der Waals surface area contributed by atoms with E-state index >= 15 is 0 Å². The topological polar surface area (TPSA) is 67.8 Å². The molecular weight excluding hydrogens is 222 g/mol. The van der Waals surface area contributed by atoms with E-state index in [-0.39, 0.29) is 25.2 Å². The van der Waals surface area contributed by atoms with Gasteiger partial charge in [0.25, 0.3) is 5.91 Å². The summed E-state index contributed by atoms with van der Waals surface area (Å²) in [6.07, 6.45) is 0. The van der Waals surface area contributed by atoms with Gasteiger partial charge in [-0.2, -0.15) is 0 Å². The molecule has 0 unspecified atom stereocenters. The highest BCUT2D eigenvalue weighted by atomic mass is 16.5. The normalized spacial score (nSPS) is 11.7. The lowest BCUT2D eigenvalue weighted by atomic mass is 10.3. The first kappa shape index (κ1) is 13.3. The van der Waals surface area contributed by atoms with E-state index in [9.17, 15) is 4.79 Å². The molecule has 5 nitrogen and oxygen atoms in total. The van der Waals surface area contributed by atoms with Crippen molar-refractivity contribution in [2.75, 3.05) is 20.3 Å². The number of rotatable bonds is 6. The molecule has 0 aliphatic rings. The quantitative estimate of drug-likeness (QED) is 0.761. The van der Waals surface area contributed by atoms with Crippen LogP contribution < -0.4 is 14.8 Å². The van der Waals surface area contributed by atoms with Crippen molar-refractivity contribution in [3.63, 3.8) is 0 Å². The fourth-order valence-electron chi connectivity index (χ4n) is 1.24. The number of hydrogen-bond acceptors (Lipinski definition) is 4. The van der Waals surface area contributed by atoms with Crippen LogP contribution in [0.4, 0.5) is 0 Å². The zero-order valence-electron chi connectivity index (χ0n) is 9.97. The van der Waals surface area contributed by atoms with Gasteiger partial charge in [0.2, 0.25) is 0 Å². The Bertz CT molecular complexity index is 367. The average Bonchev–Trinajstić information content (AvgIpc) is 2.36. The van der Waals surface area contributed by atoms with Gasteiger partial charge in [-0.05, 0) is 19.1 Å². The molecule has 0 aliphatic carbocycles. The van der Waals surface area contributed by atoms with Gasteiger partial charge in [-0.15, -0.1) is 0 Å². The first-order chi connectivity index (χ1) is 8.17. The third-order valence-electron chi connectivity index (χ3n) is 2.11. The molecular formula is C12H17NO4. The van der Waals surface area contributed by atoms with E-state index in [4.69, 9.17) is 14.6 Å². The molecule has 0 saturated heterocycles. The van der Waals surface area contributed by atoms with Gasteiger partial charge in [0.05, 0.1) is 13.7 Å². The summed E-state index contributed by atoms with van der Waals surface area (Å²) in [7, 11) is 1.54. The Balaban J connectivity index is 2.47. The summed E-state index contributed by atoms with van der Waals surface area (Å²) in [6.45, 7) is 1.51. The Labute approximate surface area is 100 Å². The predicted octanol–water partition coefficient (Wildman–Crippen LogP) is 0.571. The highest BCUT2D eigenvalue weighted by Gasteiger charge is 2.08. The number of ether oxygens (including phenoxy) is 2. The lowest BCUT2D eigenvalue weighted by Gasteiger charge is -2.12. The molecule has 2 N–H and O–H groups in total. The fraction of sp³-hybridized carbons (Fsp3) is 0.417. The number of benzene rings is 1. The van der Waals surface area contributed by atoms with E-state index < -0.39 is 0 Å². The largest absolute Gasteiger partial charge is 0.493 e. The number of amides is 1. The van der Waals surface area contributed by atoms with Crippen LogP contribution in [0.2, 0.25) is 0 Å². The summed E-state index contributed by atoms with van der Waals surface area (Å²) in [5.41, 5.74) is 0. The maximum Gasteiger partial charge on any atom is 0.258 e. The SMILES string of the molecule is COc1ccccc1OCC(=O)N[C@@H](C)CO. The molecule has 0 spiro atoms. The second kappa shape index (κ2) is 6.75. The third-order valence-corrected chi connectivity index (χ3v) is 2.11. The van der Waals surface area contributed by atoms with Crippen molar-refractivity contribution >= 4 is 5.91 Å². The Hall–Kier alpha value is -1.75. The molecule has 1 aromatic carbocycles. The lowest BCUT2D eigenvalue weighted by Crippen LogP contribution is -2.38. The Kier molecular flexibility index (Phi) is 5.29. The number of aliphatic hydroxyl groups excluding tert-OH is 1. The summed E-state index contributed by atoms with van der Waals surface area (Å²) < 4.78 is 10.4. The van der Waals surface area contributed by atoms with Crippen LogP contribution in [0.5, 0.6) is 11.5 Å². The minimum Gasteiger partial charge on any atom is -0.493 e. The maximum atomic E-state index is 11.4. The molecule has 0 fully saturated rings. The van der Waals surface area contributed by atoms with Crippen molar-refractivity contribution in [1.29, 1.82) is 0 Å². The summed E-state index contributed by atoms with van der Waals surface area (Å²) in [4.78, 5) is 11.4. The van der Waals surface area contributed by atoms with E-state index in [0.717, 1.165) is 0 Å². The van der Waals surface area contributed by atoms with Crippen LogP contribution in [0, 0.1) is 0 Å². The molecule has 0 saturated carbocycles. The van der Waals surface area contributed by atoms with Crippen LogP contribution in [0.15, 0.2) is 24.3 Å². The first-order valence-electron chi connectivity index (χ1n) is 5.33. The molecule has 94 valence electrons. The van der Waals surface area contributed by atoms with E-state index in [2.05, 4.69) is 5.32 Å². The molecule has 0 bridgehead atoms. The molecule has 5 heteroatoms. The second-order valence-electron chi connectivity index (χ2n) is 3.59. The molecule has 0 aliphatic heterocycles. The van der Waals surface area contributed by atoms with Gasteiger partial charge in [0, 0.05) is 6.04 Å². The number of carbonyl (C=O) groups excluding carboxylic acids is 1. The highest BCUT2D eigenvalue weighted by Crippen LogP contribution is 2.25. The molecule has 1 rings (SSSR count). The summed E-state index contributed by atoms with van der Waals surface area (Å²) in [6, 6.07) is 6.82. The smallest absolute Gasteiger partial charge is 0.258 e. The number of methoxy groups -OCH3 is 1. The maximum absolute atomic E-state index is 11.4. The van der Waals surface area contributed by atoms with Crippen LogP contribution in [-0.2, 0) is 4.79 Å². The van der Waals surface area contributed by atoms with Gasteiger partial charge >= 0.3 is 0 Å². The zero-order valence-corrected chi connectivity index (χ0v) is 9.97. The fourth-order valence-corrected chi connectivity index (χ4v) is 1.24. The van der Waals surface area contributed by atoms with Gasteiger partial charge in [-0.1, -0.05) is 12.1 Å². The molecule has 1 amide bonds. The van der Waals surface area contributed by atoms with E-state index in [1.807, 2.05) is 6.07 Å². The molecule has 1 atom stereocenters. The van der Waals surface area contributed by atoms with E-state index in [0.29, 0.717) is 11.5 Å². The zero-order chi connectivity index (χ0) is 12.7. The third kappa shape index (κ3) is 4.32. The minimum atomic E-state index is -0.280. The van der Waals surface area contributed by atoms with Crippen molar-refractivity contribution in [3.05, 3.63) is 24.3 Å². The van der Waals surface area contributed by atoms with Crippen LogP contribution in [0.25, 0.3) is 0 Å². The second-order valence-corrected chi connectivity index (χ2v) is 3.59. The minimum absolute atomic E-state index is 0.0968. The summed E-state index contributed by atoms with van der Waals surface area (Å²) in [5, 5.41) is 11.4. The van der Waals surface area contributed by atoms with Crippen molar-refractivity contribution in [3.8, 4) is 11.5 Å². The number of para-hydroxylation sites is 2. The van der Waals surface area contributed by atoms with Gasteiger partial charge in [-0.25, -0.2) is 0 Å². The molecule has 0 heterocycles. The first-order valence-corrected chi connectivity index (χ1v) is 5.33. The van der Waals surface area contributed by atoms with E-state index in [1.54, 1.807) is 25.1 Å². The Morgan fingerprint density at radius 2 is 2.06 bits per heavy atom. The number of nitrogens with one attached hydrogen (secondary N) is 1. The van der Waals surface area contributed by atoms with Gasteiger partial charge in [-0.3, -0.25) is 4.79 Å². The molecule has 17 heavy (non-hydrogen) atoms. The number of aliphatic hydroxyl groups is 1. The standard InChI is InChI=1S/C12H17NO4/c1-9(7-14)13-12(15)8-17-11-6-4-3-5-10(11)16-2/h3-6,9,14H,7-8H2,1-2H3,(H,13,15)/t9-/m0/s1. The summed E-state index contributed by atoms with van der Waals surface area (Å²) >= 11 is 0. The Morgan fingerprint density at radius 1 is 1.41 bits per heavy atom. The van der Waals surface area contributed by atoms with Gasteiger partial charge in [0.1, 0.15) is 0 Å². The lowest BCUT2D eigenvalue weighted by molar-refractivity contribution is -0.124. The number of hydrogen-bond donors (Lipinski definition) is 2. The molecule has 0 aromatic heterocycles. The predicted molar refractivity (Wildman–Crippen MR) is 63.2 cm³/mol. The van der Waals surface area contributed by atoms with Crippen molar-refractivity contribution in [2.45, 2.75) is 13.0 Å². The van der Waals surface area contributed by atoms with Crippen LogP contribution in [0.1, 0.15) is 6.92 Å². The van der Waals surface area contributed by atoms with Crippen LogP contribution in [0.3, 0.4) is 0 Å². The van der Waals surface area contributed by atoms with Gasteiger partial charge < -0.3 is 19.9 Å². The average molecular weight is 239 g/mol. The highest BCUT2D eigenvalue weighted by molar-refractivity contribution is 5.77.